The number of amides is 1. The van der Waals surface area contributed by atoms with Crippen LogP contribution in [0, 0.1) is 5.82 Å². The van der Waals surface area contributed by atoms with E-state index in [0.717, 1.165) is 37.7 Å². The lowest BCUT2D eigenvalue weighted by Gasteiger charge is -2.45. The molecule has 1 N–H and O–H groups in total. The van der Waals surface area contributed by atoms with Crippen LogP contribution in [-0.2, 0) is 11.2 Å². The molecule has 1 aliphatic rings. The zero-order valence-electron chi connectivity index (χ0n) is 16.7. The Kier molecular flexibility index (Phi) is 6.68. The molecule has 1 aliphatic carbocycles. The molecule has 0 radical (unpaired) electrons. The van der Waals surface area contributed by atoms with Crippen LogP contribution in [0.25, 0.3) is 0 Å². The second kappa shape index (κ2) is 9.20. The minimum Gasteiger partial charge on any atom is -0.484 e. The lowest BCUT2D eigenvalue weighted by atomic mass is 9.75. The number of rotatable bonds is 7. The number of likely N-dealkylation sites (N-methyl/N-ethyl adjacent to an activating group) is 1. The Morgan fingerprint density at radius 3 is 2.50 bits per heavy atom. The predicted molar refractivity (Wildman–Crippen MR) is 109 cm³/mol. The number of carbonyl (C=O) groups excluding carboxylic acids is 1. The normalized spacial score (nSPS) is 22.1. The Labute approximate surface area is 166 Å². The van der Waals surface area contributed by atoms with Crippen molar-refractivity contribution in [2.75, 3.05) is 20.7 Å². The maximum absolute atomic E-state index is 13.6. The second-order valence-corrected chi connectivity index (χ2v) is 7.87. The Balaban J connectivity index is 1.52. The first kappa shape index (κ1) is 20.3. The number of carbonyl (C=O) groups is 1. The van der Waals surface area contributed by atoms with Gasteiger partial charge in [-0.3, -0.25) is 4.79 Å². The van der Waals surface area contributed by atoms with Gasteiger partial charge in [-0.2, -0.15) is 0 Å². The van der Waals surface area contributed by atoms with Crippen molar-refractivity contribution in [1.82, 2.24) is 10.2 Å². The van der Waals surface area contributed by atoms with E-state index in [1.807, 2.05) is 36.4 Å². The molecule has 5 heteroatoms. The minimum absolute atomic E-state index is 0.00441. The lowest BCUT2D eigenvalue weighted by molar-refractivity contribution is -0.124. The number of para-hydroxylation sites is 1. The third-order valence-corrected chi connectivity index (χ3v) is 5.77. The van der Waals surface area contributed by atoms with Crippen molar-refractivity contribution >= 4 is 5.91 Å². The summed E-state index contributed by atoms with van der Waals surface area (Å²) in [4.78, 5) is 14.5. The number of ether oxygens (including phenoxy) is 1. The first-order valence-corrected chi connectivity index (χ1v) is 9.86. The molecule has 0 unspecified atom stereocenters. The van der Waals surface area contributed by atoms with E-state index in [0.29, 0.717) is 5.75 Å². The second-order valence-electron chi connectivity index (χ2n) is 7.87. The van der Waals surface area contributed by atoms with Crippen molar-refractivity contribution in [2.24, 2.45) is 0 Å². The molecule has 2 aromatic rings. The highest BCUT2D eigenvalue weighted by Crippen LogP contribution is 2.35. The van der Waals surface area contributed by atoms with Crippen molar-refractivity contribution in [3.63, 3.8) is 0 Å². The number of hydrogen-bond acceptors (Lipinski definition) is 3. The maximum Gasteiger partial charge on any atom is 0.258 e. The van der Waals surface area contributed by atoms with Crippen molar-refractivity contribution in [1.29, 1.82) is 0 Å². The molecule has 0 atom stereocenters. The number of hydrogen-bond donors (Lipinski definition) is 1. The zero-order chi connectivity index (χ0) is 20.0. The van der Waals surface area contributed by atoms with E-state index >= 15 is 0 Å². The van der Waals surface area contributed by atoms with E-state index in [9.17, 15) is 9.18 Å². The standard InChI is InChI=1S/C23H29FN2O2/c1-26(2)23(16-18-7-6-8-19(24)15-18)13-11-20(12-14-23)25-22(27)17-28-21-9-4-3-5-10-21/h3-10,15,20H,11-14,16-17H2,1-2H3,(H,25,27). The Morgan fingerprint density at radius 1 is 1.14 bits per heavy atom. The van der Waals surface area contributed by atoms with E-state index in [-0.39, 0.29) is 29.9 Å². The van der Waals surface area contributed by atoms with Gasteiger partial charge in [0.15, 0.2) is 6.61 Å². The van der Waals surface area contributed by atoms with Gasteiger partial charge in [-0.25, -0.2) is 4.39 Å². The van der Waals surface area contributed by atoms with Gasteiger partial charge in [0.05, 0.1) is 0 Å². The molecule has 2 aromatic carbocycles. The zero-order valence-corrected chi connectivity index (χ0v) is 16.7. The minimum atomic E-state index is -0.189. The summed E-state index contributed by atoms with van der Waals surface area (Å²) in [5, 5.41) is 3.10. The van der Waals surface area contributed by atoms with Crippen molar-refractivity contribution < 1.29 is 13.9 Å². The molecule has 0 spiro atoms. The van der Waals surface area contributed by atoms with Gasteiger partial charge in [0.25, 0.3) is 5.91 Å². The van der Waals surface area contributed by atoms with Crippen LogP contribution in [0.4, 0.5) is 4.39 Å². The van der Waals surface area contributed by atoms with E-state index in [1.54, 1.807) is 12.1 Å². The topological polar surface area (TPSA) is 41.6 Å². The van der Waals surface area contributed by atoms with Crippen molar-refractivity contribution in [3.05, 3.63) is 66.0 Å². The highest BCUT2D eigenvalue weighted by atomic mass is 19.1. The molecule has 1 amide bonds. The summed E-state index contributed by atoms with van der Waals surface area (Å²) < 4.78 is 19.1. The summed E-state index contributed by atoms with van der Waals surface area (Å²) in [6.45, 7) is 0.0304. The molecule has 0 aromatic heterocycles. The van der Waals surface area contributed by atoms with Crippen LogP contribution in [0.2, 0.25) is 0 Å². The molecular weight excluding hydrogens is 355 g/mol. The third-order valence-electron chi connectivity index (χ3n) is 5.77. The van der Waals surface area contributed by atoms with Crippen LogP contribution in [0.15, 0.2) is 54.6 Å². The molecule has 1 saturated carbocycles. The Bertz CT molecular complexity index is 771. The predicted octanol–water partition coefficient (Wildman–Crippen LogP) is 3.81. The fraction of sp³-hybridized carbons (Fsp3) is 0.435. The first-order valence-electron chi connectivity index (χ1n) is 9.86. The molecule has 0 aliphatic heterocycles. The van der Waals surface area contributed by atoms with Crippen LogP contribution < -0.4 is 10.1 Å². The number of nitrogens with zero attached hydrogens (tertiary/aromatic N) is 1. The van der Waals surface area contributed by atoms with E-state index < -0.39 is 0 Å². The number of halogens is 1. The van der Waals surface area contributed by atoms with Crippen LogP contribution in [-0.4, -0.2) is 43.1 Å². The Hall–Kier alpha value is -2.40. The third kappa shape index (κ3) is 5.32. The van der Waals surface area contributed by atoms with Crippen LogP contribution in [0.1, 0.15) is 31.2 Å². The Morgan fingerprint density at radius 2 is 1.86 bits per heavy atom. The molecule has 150 valence electrons. The fourth-order valence-corrected chi connectivity index (χ4v) is 4.04. The number of nitrogens with one attached hydrogen (secondary N) is 1. The molecular formula is C23H29FN2O2. The van der Waals surface area contributed by atoms with E-state index in [4.69, 9.17) is 4.74 Å². The summed E-state index contributed by atoms with van der Waals surface area (Å²) >= 11 is 0. The van der Waals surface area contributed by atoms with E-state index in [1.165, 1.54) is 6.07 Å². The van der Waals surface area contributed by atoms with Crippen LogP contribution >= 0.6 is 0 Å². The molecule has 4 nitrogen and oxygen atoms in total. The highest BCUT2D eigenvalue weighted by molar-refractivity contribution is 5.77. The summed E-state index contributed by atoms with van der Waals surface area (Å²) in [5.74, 6) is 0.421. The first-order chi connectivity index (χ1) is 13.5. The number of benzene rings is 2. The molecule has 0 heterocycles. The van der Waals surface area contributed by atoms with Gasteiger partial charge in [0.2, 0.25) is 0 Å². The summed E-state index contributed by atoms with van der Waals surface area (Å²) in [7, 11) is 4.18. The van der Waals surface area contributed by atoms with Gasteiger partial charge in [0.1, 0.15) is 11.6 Å². The largest absolute Gasteiger partial charge is 0.484 e. The van der Waals surface area contributed by atoms with Crippen molar-refractivity contribution in [2.45, 2.75) is 43.7 Å². The molecule has 28 heavy (non-hydrogen) atoms. The monoisotopic (exact) mass is 384 g/mol. The smallest absolute Gasteiger partial charge is 0.258 e. The quantitative estimate of drug-likeness (QED) is 0.789. The maximum atomic E-state index is 13.6. The van der Waals surface area contributed by atoms with Gasteiger partial charge in [-0.05, 0) is 76.0 Å². The summed E-state index contributed by atoms with van der Waals surface area (Å²) in [5.41, 5.74) is 1.02. The van der Waals surface area contributed by atoms with Gasteiger partial charge in [-0.15, -0.1) is 0 Å². The fourth-order valence-electron chi connectivity index (χ4n) is 4.04. The van der Waals surface area contributed by atoms with Crippen LogP contribution in [0.5, 0.6) is 5.75 Å². The highest BCUT2D eigenvalue weighted by Gasteiger charge is 2.37. The molecule has 0 saturated heterocycles. The average molecular weight is 384 g/mol. The molecule has 0 bridgehead atoms. The van der Waals surface area contributed by atoms with Crippen molar-refractivity contribution in [3.8, 4) is 5.75 Å². The average Bonchev–Trinajstić information content (AvgIpc) is 2.69. The van der Waals surface area contributed by atoms with Gasteiger partial charge >= 0.3 is 0 Å². The van der Waals surface area contributed by atoms with Gasteiger partial charge in [0, 0.05) is 11.6 Å². The summed E-state index contributed by atoms with van der Waals surface area (Å²) in [6, 6.07) is 16.4. The molecule has 3 rings (SSSR count). The van der Waals surface area contributed by atoms with Crippen LogP contribution in [0.3, 0.4) is 0 Å². The van der Waals surface area contributed by atoms with E-state index in [2.05, 4.69) is 24.3 Å². The SMILES string of the molecule is CN(C)C1(Cc2cccc(F)c2)CCC(NC(=O)COc2ccccc2)CC1. The summed E-state index contributed by atoms with van der Waals surface area (Å²) in [6.07, 6.45) is 4.55. The lowest BCUT2D eigenvalue weighted by Crippen LogP contribution is -2.52. The van der Waals surface area contributed by atoms with Gasteiger partial charge in [-0.1, -0.05) is 30.3 Å². The molecule has 1 fully saturated rings. The van der Waals surface area contributed by atoms with Gasteiger partial charge < -0.3 is 15.0 Å².